The van der Waals surface area contributed by atoms with Crippen LogP contribution in [0.3, 0.4) is 0 Å². The number of carbonyl (C=O) groups excluding carboxylic acids is 1. The summed E-state index contributed by atoms with van der Waals surface area (Å²) in [5.74, 6) is -0.567. The molecule has 0 amide bonds. The molecule has 0 bridgehead atoms. The summed E-state index contributed by atoms with van der Waals surface area (Å²) in [6, 6.07) is 13.2. The van der Waals surface area contributed by atoms with Crippen LogP contribution in [0.2, 0.25) is 5.02 Å². The minimum atomic E-state index is -1.48. The summed E-state index contributed by atoms with van der Waals surface area (Å²) in [5.41, 5.74) is -1.16. The lowest BCUT2D eigenvalue weighted by molar-refractivity contribution is -0.385. The Kier molecular flexibility index (Phi) is 4.97. The third kappa shape index (κ3) is 3.68. The molecule has 2 aromatic rings. The predicted octanol–water partition coefficient (Wildman–Crippen LogP) is 4.63. The number of cyclic esters (lactones) is 1. The van der Waals surface area contributed by atoms with Crippen molar-refractivity contribution < 1.29 is 19.2 Å². The van der Waals surface area contributed by atoms with Crippen LogP contribution in [0.5, 0.6) is 0 Å². The van der Waals surface area contributed by atoms with Crippen LogP contribution in [-0.2, 0) is 26.3 Å². The number of rotatable bonds is 4. The summed E-state index contributed by atoms with van der Waals surface area (Å²) >= 11 is 6.06. The maximum absolute atomic E-state index is 13.0. The number of esters is 1. The molecule has 6 nitrogen and oxygen atoms in total. The second-order valence-corrected chi connectivity index (χ2v) is 8.06. The van der Waals surface area contributed by atoms with E-state index in [4.69, 9.17) is 21.1 Å². The van der Waals surface area contributed by atoms with Crippen molar-refractivity contribution in [3.63, 3.8) is 0 Å². The van der Waals surface area contributed by atoms with Crippen molar-refractivity contribution in [3.8, 4) is 0 Å². The molecule has 7 heteroatoms. The van der Waals surface area contributed by atoms with Crippen molar-refractivity contribution in [2.24, 2.45) is 5.41 Å². The molecule has 2 atom stereocenters. The molecule has 1 aliphatic heterocycles. The van der Waals surface area contributed by atoms with Crippen molar-refractivity contribution in [3.05, 3.63) is 74.8 Å². The molecule has 3 rings (SSSR count). The lowest BCUT2D eigenvalue weighted by Crippen LogP contribution is -2.37. The van der Waals surface area contributed by atoms with Gasteiger partial charge < -0.3 is 9.47 Å². The molecule has 2 aromatic carbocycles. The molecule has 0 radical (unpaired) electrons. The SMILES string of the molecule is CC(C)(C)[C@@H]1OC(=O)[C@](Cc2cc(Cl)ccc2[N+](=O)[O-])(c2ccccc2)O1. The number of nitrogens with zero attached hydrogens (tertiary/aromatic N) is 1. The number of nitro groups is 1. The molecule has 142 valence electrons. The van der Waals surface area contributed by atoms with Gasteiger partial charge in [0.15, 0.2) is 5.60 Å². The second-order valence-electron chi connectivity index (χ2n) is 7.62. The van der Waals surface area contributed by atoms with E-state index in [1.807, 2.05) is 26.8 Å². The van der Waals surface area contributed by atoms with Crippen LogP contribution >= 0.6 is 11.6 Å². The Balaban J connectivity index is 2.13. The quantitative estimate of drug-likeness (QED) is 0.432. The van der Waals surface area contributed by atoms with Gasteiger partial charge in [-0.05, 0) is 17.7 Å². The highest BCUT2D eigenvalue weighted by atomic mass is 35.5. The van der Waals surface area contributed by atoms with Crippen molar-refractivity contribution in [1.82, 2.24) is 0 Å². The van der Waals surface area contributed by atoms with Crippen molar-refractivity contribution in [2.45, 2.75) is 39.1 Å². The largest absolute Gasteiger partial charge is 0.433 e. The molecular weight excluding hydrogens is 370 g/mol. The molecule has 0 aliphatic carbocycles. The number of ether oxygens (including phenoxy) is 2. The Labute approximate surface area is 162 Å². The standard InChI is InChI=1S/C20H20ClNO5/c1-19(2,3)18-26-17(23)20(27-18,14-7-5-4-6-8-14)12-13-11-15(21)9-10-16(13)22(24)25/h4-11,18H,12H2,1-3H3/t18-,20+/m1/s1. The zero-order chi connectivity index (χ0) is 19.8. The minimum absolute atomic E-state index is 0.0562. The van der Waals surface area contributed by atoms with Gasteiger partial charge in [0, 0.05) is 28.5 Å². The van der Waals surface area contributed by atoms with Gasteiger partial charge in [0.05, 0.1) is 4.92 Å². The summed E-state index contributed by atoms with van der Waals surface area (Å²) in [7, 11) is 0. The van der Waals surface area contributed by atoms with Gasteiger partial charge in [-0.1, -0.05) is 62.7 Å². The van der Waals surface area contributed by atoms with Gasteiger partial charge in [-0.15, -0.1) is 0 Å². The summed E-state index contributed by atoms with van der Waals surface area (Å²) < 4.78 is 11.7. The predicted molar refractivity (Wildman–Crippen MR) is 100 cm³/mol. The first kappa shape index (κ1) is 19.3. The molecule has 1 saturated heterocycles. The van der Waals surface area contributed by atoms with Crippen LogP contribution < -0.4 is 0 Å². The number of halogens is 1. The van der Waals surface area contributed by atoms with E-state index >= 15 is 0 Å². The fourth-order valence-electron chi connectivity index (χ4n) is 3.05. The molecule has 0 spiro atoms. The normalized spacial score (nSPS) is 22.5. The van der Waals surface area contributed by atoms with E-state index in [0.717, 1.165) is 0 Å². The fourth-order valence-corrected chi connectivity index (χ4v) is 3.25. The summed E-state index contributed by atoms with van der Waals surface area (Å²) in [4.78, 5) is 23.9. The molecule has 1 aliphatic rings. The Hall–Kier alpha value is -2.44. The molecule has 0 unspecified atom stereocenters. The van der Waals surface area contributed by atoms with Gasteiger partial charge in [0.2, 0.25) is 6.29 Å². The zero-order valence-corrected chi connectivity index (χ0v) is 16.0. The molecule has 1 fully saturated rings. The van der Waals surface area contributed by atoms with Gasteiger partial charge in [0.25, 0.3) is 5.69 Å². The number of carbonyl (C=O) groups is 1. The highest BCUT2D eigenvalue weighted by Crippen LogP contribution is 2.44. The van der Waals surface area contributed by atoms with Crippen molar-refractivity contribution >= 4 is 23.3 Å². The number of hydrogen-bond donors (Lipinski definition) is 0. The number of benzene rings is 2. The maximum atomic E-state index is 13.0. The summed E-state index contributed by atoms with van der Waals surface area (Å²) in [6.45, 7) is 5.69. The second kappa shape index (κ2) is 6.94. The van der Waals surface area contributed by atoms with Gasteiger partial charge in [-0.2, -0.15) is 0 Å². The van der Waals surface area contributed by atoms with Gasteiger partial charge >= 0.3 is 5.97 Å². The molecule has 27 heavy (non-hydrogen) atoms. The van der Waals surface area contributed by atoms with E-state index in [9.17, 15) is 14.9 Å². The van der Waals surface area contributed by atoms with Crippen LogP contribution in [0.1, 0.15) is 31.9 Å². The third-order valence-electron chi connectivity index (χ3n) is 4.48. The first-order chi connectivity index (χ1) is 12.6. The van der Waals surface area contributed by atoms with E-state index in [0.29, 0.717) is 16.1 Å². The van der Waals surface area contributed by atoms with Crippen molar-refractivity contribution in [1.29, 1.82) is 0 Å². The van der Waals surface area contributed by atoms with Crippen LogP contribution in [-0.4, -0.2) is 17.2 Å². The lowest BCUT2D eigenvalue weighted by Gasteiger charge is -2.29. The number of nitro benzene ring substituents is 1. The molecule has 0 N–H and O–H groups in total. The molecule has 0 saturated carbocycles. The highest BCUT2D eigenvalue weighted by Gasteiger charge is 2.55. The van der Waals surface area contributed by atoms with E-state index in [-0.39, 0.29) is 12.1 Å². The van der Waals surface area contributed by atoms with E-state index in [2.05, 4.69) is 0 Å². The summed E-state index contributed by atoms with van der Waals surface area (Å²) in [6.07, 6.45) is -0.831. The van der Waals surface area contributed by atoms with Gasteiger partial charge in [0.1, 0.15) is 0 Å². The smallest absolute Gasteiger partial charge is 0.345 e. The van der Waals surface area contributed by atoms with Crippen LogP contribution in [0, 0.1) is 15.5 Å². The van der Waals surface area contributed by atoms with E-state index < -0.39 is 28.2 Å². The Morgan fingerprint density at radius 3 is 2.41 bits per heavy atom. The Morgan fingerprint density at radius 1 is 1.19 bits per heavy atom. The number of hydrogen-bond acceptors (Lipinski definition) is 5. The molecule has 0 aromatic heterocycles. The lowest BCUT2D eigenvalue weighted by atomic mass is 9.86. The Morgan fingerprint density at radius 2 is 1.85 bits per heavy atom. The Bertz CT molecular complexity index is 878. The van der Waals surface area contributed by atoms with E-state index in [1.165, 1.54) is 18.2 Å². The van der Waals surface area contributed by atoms with Crippen LogP contribution in [0.25, 0.3) is 0 Å². The first-order valence-corrected chi connectivity index (χ1v) is 8.88. The maximum Gasteiger partial charge on any atom is 0.345 e. The third-order valence-corrected chi connectivity index (χ3v) is 4.71. The minimum Gasteiger partial charge on any atom is -0.433 e. The molecule has 1 heterocycles. The monoisotopic (exact) mass is 389 g/mol. The first-order valence-electron chi connectivity index (χ1n) is 8.51. The topological polar surface area (TPSA) is 78.7 Å². The van der Waals surface area contributed by atoms with Crippen LogP contribution in [0.4, 0.5) is 5.69 Å². The fraction of sp³-hybridized carbons (Fsp3) is 0.350. The van der Waals surface area contributed by atoms with Crippen molar-refractivity contribution in [2.75, 3.05) is 0 Å². The zero-order valence-electron chi connectivity index (χ0n) is 15.3. The highest BCUT2D eigenvalue weighted by molar-refractivity contribution is 6.30. The van der Waals surface area contributed by atoms with Gasteiger partial charge in [-0.3, -0.25) is 10.1 Å². The average Bonchev–Trinajstić information content (AvgIpc) is 2.93. The summed E-state index contributed by atoms with van der Waals surface area (Å²) in [5, 5.41) is 11.8. The van der Waals surface area contributed by atoms with Crippen LogP contribution in [0.15, 0.2) is 48.5 Å². The average molecular weight is 390 g/mol. The van der Waals surface area contributed by atoms with Gasteiger partial charge in [-0.25, -0.2) is 4.79 Å². The van der Waals surface area contributed by atoms with E-state index in [1.54, 1.807) is 24.3 Å². The molecular formula is C20H20ClNO5.